The van der Waals surface area contributed by atoms with Crippen LogP contribution in [0.1, 0.15) is 16.8 Å². The number of carbonyl (C=O) groups excluding carboxylic acids is 2. The maximum absolute atomic E-state index is 11.9. The Kier molecular flexibility index (Phi) is 4.75. The molecule has 1 aromatic carbocycles. The van der Waals surface area contributed by atoms with Crippen molar-refractivity contribution in [2.75, 3.05) is 11.5 Å². The molecule has 1 fully saturated rings. The molecule has 1 saturated heterocycles. The van der Waals surface area contributed by atoms with Gasteiger partial charge in [0.15, 0.2) is 9.84 Å². The lowest BCUT2D eigenvalue weighted by atomic mass is 10.1. The van der Waals surface area contributed by atoms with Gasteiger partial charge in [0.2, 0.25) is 5.91 Å². The van der Waals surface area contributed by atoms with Crippen LogP contribution < -0.4 is 10.9 Å². The minimum atomic E-state index is -3.16. The van der Waals surface area contributed by atoms with Crippen LogP contribution in [0.5, 0.6) is 0 Å². The molecule has 0 spiro atoms. The van der Waals surface area contributed by atoms with E-state index < -0.39 is 27.6 Å². The predicted octanol–water partition coefficient (Wildman–Crippen LogP) is 1.19. The fourth-order valence-corrected chi connectivity index (χ4v) is 4.10. The van der Waals surface area contributed by atoms with E-state index in [9.17, 15) is 18.0 Å². The molecule has 0 aromatic heterocycles. The second kappa shape index (κ2) is 6.21. The average Bonchev–Trinajstić information content (AvgIpc) is 2.79. The monoisotopic (exact) mass is 350 g/mol. The van der Waals surface area contributed by atoms with Crippen molar-refractivity contribution < 1.29 is 18.0 Å². The first kappa shape index (κ1) is 16.1. The maximum atomic E-state index is 11.9. The van der Waals surface area contributed by atoms with Crippen molar-refractivity contribution in [3.05, 3.63) is 33.8 Å². The van der Waals surface area contributed by atoms with Gasteiger partial charge in [0.25, 0.3) is 5.91 Å². The van der Waals surface area contributed by atoms with Gasteiger partial charge >= 0.3 is 0 Å². The van der Waals surface area contributed by atoms with Crippen LogP contribution in [0.2, 0.25) is 10.0 Å². The third kappa shape index (κ3) is 3.87. The van der Waals surface area contributed by atoms with Crippen LogP contribution in [0, 0.1) is 5.92 Å². The molecule has 1 aliphatic heterocycles. The molecule has 1 heterocycles. The first-order chi connectivity index (χ1) is 9.80. The lowest BCUT2D eigenvalue weighted by molar-refractivity contribution is -0.125. The first-order valence-electron chi connectivity index (χ1n) is 6.05. The Morgan fingerprint density at radius 3 is 2.52 bits per heavy atom. The van der Waals surface area contributed by atoms with Gasteiger partial charge in [-0.25, -0.2) is 8.42 Å². The highest BCUT2D eigenvalue weighted by atomic mass is 35.5. The lowest BCUT2D eigenvalue weighted by Crippen LogP contribution is -2.44. The highest BCUT2D eigenvalue weighted by Crippen LogP contribution is 2.25. The van der Waals surface area contributed by atoms with Crippen LogP contribution in [0.3, 0.4) is 0 Å². The van der Waals surface area contributed by atoms with Crippen LogP contribution in [0.25, 0.3) is 0 Å². The molecular weight excluding hydrogens is 339 g/mol. The van der Waals surface area contributed by atoms with Crippen molar-refractivity contribution in [1.82, 2.24) is 10.9 Å². The summed E-state index contributed by atoms with van der Waals surface area (Å²) in [7, 11) is -3.16. The zero-order valence-electron chi connectivity index (χ0n) is 10.7. The Balaban J connectivity index is 1.95. The number of sulfone groups is 1. The number of hydrogen-bond acceptors (Lipinski definition) is 4. The van der Waals surface area contributed by atoms with Gasteiger partial charge in [0.05, 0.1) is 33.0 Å². The van der Waals surface area contributed by atoms with Crippen molar-refractivity contribution in [2.24, 2.45) is 5.92 Å². The third-order valence-corrected chi connectivity index (χ3v) is 5.69. The van der Waals surface area contributed by atoms with Crippen LogP contribution in [-0.4, -0.2) is 31.7 Å². The average molecular weight is 351 g/mol. The van der Waals surface area contributed by atoms with Gasteiger partial charge in [-0.15, -0.1) is 0 Å². The summed E-state index contributed by atoms with van der Waals surface area (Å²) in [5.41, 5.74) is 4.51. The van der Waals surface area contributed by atoms with Crippen LogP contribution in [0.4, 0.5) is 0 Å². The normalized spacial score (nSPS) is 20.0. The minimum absolute atomic E-state index is 0.0147. The summed E-state index contributed by atoms with van der Waals surface area (Å²) >= 11 is 11.7. The van der Waals surface area contributed by atoms with E-state index >= 15 is 0 Å². The second-order valence-electron chi connectivity index (χ2n) is 4.64. The fraction of sp³-hybridized carbons (Fsp3) is 0.333. The highest BCUT2D eigenvalue weighted by molar-refractivity contribution is 7.91. The molecule has 1 atom stereocenters. The van der Waals surface area contributed by atoms with Gasteiger partial charge in [0.1, 0.15) is 0 Å². The standard InChI is InChI=1S/C12H12Cl2N2O4S/c13-9-3-1-2-8(10(9)14)12(18)16-15-11(17)7-4-5-21(19,20)6-7/h1-3,7H,4-6H2,(H,15,17)(H,16,18)/t7-/m0/s1. The number of halogens is 2. The number of carbonyl (C=O) groups is 2. The summed E-state index contributed by atoms with van der Waals surface area (Å²) in [5.74, 6) is -2.03. The summed E-state index contributed by atoms with van der Waals surface area (Å²) in [4.78, 5) is 23.6. The van der Waals surface area contributed by atoms with Gasteiger partial charge in [-0.05, 0) is 18.6 Å². The Morgan fingerprint density at radius 2 is 1.90 bits per heavy atom. The molecule has 0 unspecified atom stereocenters. The second-order valence-corrected chi connectivity index (χ2v) is 7.66. The molecule has 0 bridgehead atoms. The SMILES string of the molecule is O=C(NNC(=O)[C@H]1CCS(=O)(=O)C1)c1cccc(Cl)c1Cl. The van der Waals surface area contributed by atoms with Crippen LogP contribution in [-0.2, 0) is 14.6 Å². The largest absolute Gasteiger partial charge is 0.273 e. The van der Waals surface area contributed by atoms with Gasteiger partial charge in [-0.3, -0.25) is 20.4 Å². The molecule has 0 radical (unpaired) electrons. The lowest BCUT2D eigenvalue weighted by Gasteiger charge is -2.11. The van der Waals surface area contributed by atoms with E-state index in [0.29, 0.717) is 0 Å². The number of benzene rings is 1. The Labute approximate surface area is 131 Å². The molecule has 2 N–H and O–H groups in total. The van der Waals surface area contributed by atoms with Crippen molar-refractivity contribution in [3.8, 4) is 0 Å². The molecule has 2 amide bonds. The maximum Gasteiger partial charge on any atom is 0.271 e. The summed E-state index contributed by atoms with van der Waals surface area (Å²) < 4.78 is 22.6. The topological polar surface area (TPSA) is 92.3 Å². The third-order valence-electron chi connectivity index (χ3n) is 3.10. The van der Waals surface area contributed by atoms with Gasteiger partial charge in [-0.1, -0.05) is 29.3 Å². The molecule has 1 aromatic rings. The predicted molar refractivity (Wildman–Crippen MR) is 78.8 cm³/mol. The van der Waals surface area contributed by atoms with Crippen molar-refractivity contribution in [1.29, 1.82) is 0 Å². The van der Waals surface area contributed by atoms with E-state index in [4.69, 9.17) is 23.2 Å². The van der Waals surface area contributed by atoms with E-state index in [2.05, 4.69) is 10.9 Å². The Bertz CT molecular complexity index is 690. The van der Waals surface area contributed by atoms with E-state index in [-0.39, 0.29) is 33.5 Å². The van der Waals surface area contributed by atoms with Crippen LogP contribution >= 0.6 is 23.2 Å². The quantitative estimate of drug-likeness (QED) is 0.783. The van der Waals surface area contributed by atoms with Crippen molar-refractivity contribution in [3.63, 3.8) is 0 Å². The van der Waals surface area contributed by atoms with Crippen molar-refractivity contribution >= 4 is 44.9 Å². The molecule has 0 saturated carbocycles. The molecule has 21 heavy (non-hydrogen) atoms. The zero-order valence-corrected chi connectivity index (χ0v) is 13.1. The van der Waals surface area contributed by atoms with E-state index in [0.717, 1.165) is 0 Å². The summed E-state index contributed by atoms with van der Waals surface area (Å²) in [6.45, 7) is 0. The Morgan fingerprint density at radius 1 is 1.19 bits per heavy atom. The molecule has 0 aliphatic carbocycles. The number of amides is 2. The summed E-state index contributed by atoms with van der Waals surface area (Å²) in [6.07, 6.45) is 0.252. The number of hydrazine groups is 1. The number of hydrogen-bond donors (Lipinski definition) is 2. The molecule has 1 aliphatic rings. The zero-order chi connectivity index (χ0) is 15.6. The first-order valence-corrected chi connectivity index (χ1v) is 8.62. The number of rotatable bonds is 2. The van der Waals surface area contributed by atoms with Gasteiger partial charge < -0.3 is 0 Å². The van der Waals surface area contributed by atoms with Gasteiger partial charge in [0, 0.05) is 0 Å². The van der Waals surface area contributed by atoms with Crippen LogP contribution in [0.15, 0.2) is 18.2 Å². The molecule has 2 rings (SSSR count). The molecular formula is C12H12Cl2N2O4S. The molecule has 6 nitrogen and oxygen atoms in total. The van der Waals surface area contributed by atoms with E-state index in [1.54, 1.807) is 6.07 Å². The highest BCUT2D eigenvalue weighted by Gasteiger charge is 2.33. The fourth-order valence-electron chi connectivity index (χ4n) is 1.97. The number of nitrogens with one attached hydrogen (secondary N) is 2. The van der Waals surface area contributed by atoms with Crippen molar-refractivity contribution in [2.45, 2.75) is 6.42 Å². The minimum Gasteiger partial charge on any atom is -0.273 e. The van der Waals surface area contributed by atoms with E-state index in [1.807, 2.05) is 0 Å². The van der Waals surface area contributed by atoms with Gasteiger partial charge in [-0.2, -0.15) is 0 Å². The Hall–Kier alpha value is -1.31. The molecule has 114 valence electrons. The van der Waals surface area contributed by atoms with E-state index in [1.165, 1.54) is 12.1 Å². The summed E-state index contributed by atoms with van der Waals surface area (Å²) in [5, 5.41) is 0.298. The smallest absolute Gasteiger partial charge is 0.271 e. The molecule has 9 heteroatoms. The summed E-state index contributed by atoms with van der Waals surface area (Å²) in [6, 6.07) is 4.53.